The van der Waals surface area contributed by atoms with Crippen LogP contribution in [-0.2, 0) is 6.42 Å². The molecule has 1 aromatic rings. The van der Waals surface area contributed by atoms with E-state index in [0.717, 1.165) is 23.3 Å². The molecule has 2 nitrogen and oxygen atoms in total. The van der Waals surface area contributed by atoms with Gasteiger partial charge in [0.15, 0.2) is 0 Å². The van der Waals surface area contributed by atoms with E-state index in [9.17, 15) is 0 Å². The van der Waals surface area contributed by atoms with E-state index in [2.05, 4.69) is 35.7 Å². The Kier molecular flexibility index (Phi) is 2.77. The van der Waals surface area contributed by atoms with Crippen molar-refractivity contribution in [3.63, 3.8) is 0 Å². The fourth-order valence-electron chi connectivity index (χ4n) is 5.37. The molecule has 0 spiro atoms. The molecule has 0 aromatic heterocycles. The van der Waals surface area contributed by atoms with Crippen LogP contribution in [0.15, 0.2) is 24.3 Å². The van der Waals surface area contributed by atoms with Crippen LogP contribution in [0.25, 0.3) is 0 Å². The average Bonchev–Trinajstić information content (AvgIpc) is 2.39. The summed E-state index contributed by atoms with van der Waals surface area (Å²) in [7, 11) is 0. The van der Waals surface area contributed by atoms with E-state index in [-0.39, 0.29) is 0 Å². The zero-order valence-corrected chi connectivity index (χ0v) is 11.9. The van der Waals surface area contributed by atoms with Crippen molar-refractivity contribution in [1.29, 1.82) is 5.26 Å². The van der Waals surface area contributed by atoms with Crippen molar-refractivity contribution < 1.29 is 0 Å². The van der Waals surface area contributed by atoms with Crippen LogP contribution in [-0.4, -0.2) is 5.54 Å². The van der Waals surface area contributed by atoms with Gasteiger partial charge in [-0.05, 0) is 74.0 Å². The highest BCUT2D eigenvalue weighted by Gasteiger charge is 2.50. The van der Waals surface area contributed by atoms with Gasteiger partial charge in [-0.25, -0.2) is 0 Å². The van der Waals surface area contributed by atoms with E-state index >= 15 is 0 Å². The lowest BCUT2D eigenvalue weighted by molar-refractivity contribution is 0.0107. The van der Waals surface area contributed by atoms with E-state index in [1.165, 1.54) is 44.2 Å². The highest BCUT2D eigenvalue weighted by atomic mass is 15.0. The summed E-state index contributed by atoms with van der Waals surface area (Å²) in [4.78, 5) is 0. The molecular formula is C18H22N2. The van der Waals surface area contributed by atoms with Gasteiger partial charge in [0.1, 0.15) is 0 Å². The molecule has 0 saturated heterocycles. The molecule has 104 valence electrons. The molecule has 20 heavy (non-hydrogen) atoms. The minimum absolute atomic E-state index is 0.380. The summed E-state index contributed by atoms with van der Waals surface area (Å²) < 4.78 is 0. The molecule has 1 N–H and O–H groups in total. The summed E-state index contributed by atoms with van der Waals surface area (Å²) in [6.07, 6.45) is 9.10. The van der Waals surface area contributed by atoms with E-state index in [1.54, 1.807) is 0 Å². The van der Waals surface area contributed by atoms with Gasteiger partial charge in [0, 0.05) is 11.2 Å². The van der Waals surface area contributed by atoms with E-state index in [1.807, 2.05) is 0 Å². The number of benzene rings is 1. The van der Waals surface area contributed by atoms with Gasteiger partial charge in [-0.15, -0.1) is 0 Å². The molecule has 0 aliphatic heterocycles. The van der Waals surface area contributed by atoms with Gasteiger partial charge in [0.05, 0.1) is 12.5 Å². The molecule has 2 heteroatoms. The Bertz CT molecular complexity index is 502. The maximum absolute atomic E-state index is 8.73. The van der Waals surface area contributed by atoms with Crippen molar-refractivity contribution in [2.75, 3.05) is 5.32 Å². The lowest BCUT2D eigenvalue weighted by Gasteiger charge is -2.57. The number of hydrogen-bond donors (Lipinski definition) is 1. The third kappa shape index (κ3) is 2.10. The Morgan fingerprint density at radius 2 is 1.55 bits per heavy atom. The first-order valence-electron chi connectivity index (χ1n) is 7.99. The number of anilines is 1. The summed E-state index contributed by atoms with van der Waals surface area (Å²) in [5, 5.41) is 12.6. The van der Waals surface area contributed by atoms with Crippen molar-refractivity contribution in [2.45, 2.75) is 50.5 Å². The second kappa shape index (κ2) is 4.52. The van der Waals surface area contributed by atoms with Crippen molar-refractivity contribution in [1.82, 2.24) is 0 Å². The van der Waals surface area contributed by atoms with Gasteiger partial charge >= 0.3 is 0 Å². The molecule has 4 aliphatic carbocycles. The summed E-state index contributed by atoms with van der Waals surface area (Å²) in [5.74, 6) is 2.94. The molecule has 0 heterocycles. The van der Waals surface area contributed by atoms with E-state index in [4.69, 9.17) is 5.26 Å². The topological polar surface area (TPSA) is 35.8 Å². The quantitative estimate of drug-likeness (QED) is 0.892. The van der Waals surface area contributed by atoms with Crippen LogP contribution in [0, 0.1) is 29.1 Å². The Morgan fingerprint density at radius 3 is 2.05 bits per heavy atom. The Labute approximate surface area is 121 Å². The highest BCUT2D eigenvalue weighted by Crippen LogP contribution is 2.56. The highest BCUT2D eigenvalue weighted by molar-refractivity contribution is 5.48. The maximum Gasteiger partial charge on any atom is 0.0669 e. The lowest BCUT2D eigenvalue weighted by atomic mass is 9.53. The SMILES string of the molecule is N#CCc1ccc(NC23CC4CC(CC(C4)C2)C3)cc1. The largest absolute Gasteiger partial charge is 0.380 e. The van der Waals surface area contributed by atoms with Crippen LogP contribution in [0.4, 0.5) is 5.69 Å². The summed E-state index contributed by atoms with van der Waals surface area (Å²) in [6, 6.07) is 10.7. The summed E-state index contributed by atoms with van der Waals surface area (Å²) in [6.45, 7) is 0. The van der Waals surface area contributed by atoms with Crippen molar-refractivity contribution in [3.8, 4) is 6.07 Å². The average molecular weight is 266 g/mol. The molecule has 4 fully saturated rings. The van der Waals surface area contributed by atoms with Gasteiger partial charge < -0.3 is 5.32 Å². The van der Waals surface area contributed by atoms with Crippen molar-refractivity contribution in [3.05, 3.63) is 29.8 Å². The second-order valence-electron chi connectivity index (χ2n) is 7.35. The third-order valence-electron chi connectivity index (χ3n) is 5.68. The molecule has 4 aliphatic rings. The van der Waals surface area contributed by atoms with Gasteiger partial charge in [-0.1, -0.05) is 12.1 Å². The summed E-state index contributed by atoms with van der Waals surface area (Å²) >= 11 is 0. The number of nitriles is 1. The predicted molar refractivity (Wildman–Crippen MR) is 80.3 cm³/mol. The fourth-order valence-corrected chi connectivity index (χ4v) is 5.37. The van der Waals surface area contributed by atoms with Crippen LogP contribution < -0.4 is 5.32 Å². The lowest BCUT2D eigenvalue weighted by Crippen LogP contribution is -2.54. The van der Waals surface area contributed by atoms with Crippen LogP contribution in [0.2, 0.25) is 0 Å². The zero-order valence-electron chi connectivity index (χ0n) is 11.9. The minimum Gasteiger partial charge on any atom is -0.380 e. The fraction of sp³-hybridized carbons (Fsp3) is 0.611. The van der Waals surface area contributed by atoms with Crippen LogP contribution >= 0.6 is 0 Å². The maximum atomic E-state index is 8.73. The van der Waals surface area contributed by atoms with Gasteiger partial charge in [-0.2, -0.15) is 5.26 Å². The number of nitrogens with one attached hydrogen (secondary N) is 1. The molecule has 1 aromatic carbocycles. The van der Waals surface area contributed by atoms with Gasteiger partial charge in [-0.3, -0.25) is 0 Å². The molecule has 0 amide bonds. The number of rotatable bonds is 3. The first kappa shape index (κ1) is 12.3. The minimum atomic E-state index is 0.380. The first-order chi connectivity index (χ1) is 9.75. The second-order valence-corrected chi connectivity index (χ2v) is 7.35. The number of nitrogens with zero attached hydrogens (tertiary/aromatic N) is 1. The molecule has 4 saturated carbocycles. The van der Waals surface area contributed by atoms with Crippen LogP contribution in [0.5, 0.6) is 0 Å². The molecule has 0 unspecified atom stereocenters. The standard InChI is InChI=1S/C18H22N2/c19-6-5-13-1-3-17(4-2-13)20-18-10-14-7-15(11-18)9-16(8-14)12-18/h1-4,14-16,20H,5,7-12H2. The molecule has 0 atom stereocenters. The summed E-state index contributed by atoms with van der Waals surface area (Å²) in [5.41, 5.74) is 2.74. The van der Waals surface area contributed by atoms with Crippen LogP contribution in [0.3, 0.4) is 0 Å². The normalized spacial score (nSPS) is 37.6. The molecule has 4 bridgehead atoms. The van der Waals surface area contributed by atoms with E-state index in [0.29, 0.717) is 12.0 Å². The monoisotopic (exact) mass is 266 g/mol. The Morgan fingerprint density at radius 1 is 1.00 bits per heavy atom. The molecule has 0 radical (unpaired) electrons. The van der Waals surface area contributed by atoms with Gasteiger partial charge in [0.2, 0.25) is 0 Å². The van der Waals surface area contributed by atoms with Crippen molar-refractivity contribution in [2.24, 2.45) is 17.8 Å². The Balaban J connectivity index is 1.52. The zero-order chi connectivity index (χ0) is 13.6. The molecule has 5 rings (SSSR count). The Hall–Kier alpha value is -1.49. The first-order valence-corrected chi connectivity index (χ1v) is 7.99. The molecular weight excluding hydrogens is 244 g/mol. The van der Waals surface area contributed by atoms with Gasteiger partial charge in [0.25, 0.3) is 0 Å². The predicted octanol–water partition coefficient (Wildman–Crippen LogP) is 4.13. The third-order valence-corrected chi connectivity index (χ3v) is 5.68. The van der Waals surface area contributed by atoms with E-state index < -0.39 is 0 Å². The van der Waals surface area contributed by atoms with Crippen LogP contribution in [0.1, 0.15) is 44.1 Å². The number of hydrogen-bond acceptors (Lipinski definition) is 2. The van der Waals surface area contributed by atoms with Crippen molar-refractivity contribution >= 4 is 5.69 Å². The smallest absolute Gasteiger partial charge is 0.0669 e.